The molecule has 20 heavy (non-hydrogen) atoms. The number of carbonyl (C=O) groups excluding carboxylic acids is 1. The van der Waals surface area contributed by atoms with Crippen LogP contribution in [0.5, 0.6) is 0 Å². The van der Waals surface area contributed by atoms with E-state index in [4.69, 9.17) is 5.11 Å². The van der Waals surface area contributed by atoms with Crippen LogP contribution in [0.1, 0.15) is 59.8 Å². The first-order valence-electron chi connectivity index (χ1n) is 7.60. The molecule has 0 aliphatic heterocycles. The van der Waals surface area contributed by atoms with Crippen LogP contribution in [-0.4, -0.2) is 29.7 Å². The van der Waals surface area contributed by atoms with Crippen molar-refractivity contribution in [3.05, 3.63) is 0 Å². The van der Waals surface area contributed by atoms with Crippen LogP contribution in [-0.2, 0) is 4.79 Å². The summed E-state index contributed by atoms with van der Waals surface area (Å²) in [5, 5.41) is 14.4. The largest absolute Gasteiger partial charge is 0.481 e. The number of carboxylic acid groups (broad SMARTS) is 1. The summed E-state index contributed by atoms with van der Waals surface area (Å²) < 4.78 is 0. The van der Waals surface area contributed by atoms with Gasteiger partial charge in [-0.05, 0) is 32.1 Å². The molecular formula is C15H30N2O3. The lowest BCUT2D eigenvalue weighted by Gasteiger charge is -2.15. The third-order valence-electron chi connectivity index (χ3n) is 3.32. The van der Waals surface area contributed by atoms with Crippen LogP contribution < -0.4 is 10.6 Å². The Kier molecular flexibility index (Phi) is 9.86. The summed E-state index contributed by atoms with van der Waals surface area (Å²) >= 11 is 0. The molecule has 0 saturated carbocycles. The van der Waals surface area contributed by atoms with E-state index >= 15 is 0 Å². The molecule has 0 radical (unpaired) electrons. The first-order chi connectivity index (χ1) is 9.32. The van der Waals surface area contributed by atoms with Gasteiger partial charge in [0.15, 0.2) is 0 Å². The van der Waals surface area contributed by atoms with Gasteiger partial charge in [-0.25, -0.2) is 4.79 Å². The highest BCUT2D eigenvalue weighted by Gasteiger charge is 2.10. The average molecular weight is 286 g/mol. The maximum atomic E-state index is 11.6. The summed E-state index contributed by atoms with van der Waals surface area (Å²) in [6.45, 7) is 8.60. The van der Waals surface area contributed by atoms with Crippen molar-refractivity contribution in [2.45, 2.75) is 65.8 Å². The molecular weight excluding hydrogens is 256 g/mol. The van der Waals surface area contributed by atoms with Crippen molar-refractivity contribution in [1.29, 1.82) is 0 Å². The minimum atomic E-state index is -0.784. The molecule has 118 valence electrons. The SMILES string of the molecule is CC(C)CCCC(C)NC(=O)NCCCC(C)C(=O)O. The molecule has 2 atom stereocenters. The van der Waals surface area contributed by atoms with Gasteiger partial charge in [0.2, 0.25) is 0 Å². The van der Waals surface area contributed by atoms with E-state index in [0.29, 0.717) is 25.3 Å². The third-order valence-corrected chi connectivity index (χ3v) is 3.32. The predicted molar refractivity (Wildman–Crippen MR) is 80.7 cm³/mol. The Morgan fingerprint density at radius 3 is 2.20 bits per heavy atom. The van der Waals surface area contributed by atoms with Gasteiger partial charge >= 0.3 is 12.0 Å². The van der Waals surface area contributed by atoms with Crippen molar-refractivity contribution in [3.63, 3.8) is 0 Å². The van der Waals surface area contributed by atoms with Crippen molar-refractivity contribution in [2.24, 2.45) is 11.8 Å². The van der Waals surface area contributed by atoms with E-state index in [1.165, 1.54) is 6.42 Å². The molecule has 0 aliphatic rings. The first-order valence-corrected chi connectivity index (χ1v) is 7.60. The minimum absolute atomic E-state index is 0.162. The smallest absolute Gasteiger partial charge is 0.314 e. The number of carbonyl (C=O) groups is 2. The maximum absolute atomic E-state index is 11.6. The van der Waals surface area contributed by atoms with Crippen LogP contribution >= 0.6 is 0 Å². The number of carboxylic acids is 1. The van der Waals surface area contributed by atoms with Gasteiger partial charge in [0, 0.05) is 12.6 Å². The van der Waals surface area contributed by atoms with Gasteiger partial charge in [0.05, 0.1) is 5.92 Å². The van der Waals surface area contributed by atoms with E-state index in [2.05, 4.69) is 24.5 Å². The molecule has 0 aromatic carbocycles. The zero-order valence-electron chi connectivity index (χ0n) is 13.2. The first kappa shape index (κ1) is 18.7. The zero-order valence-corrected chi connectivity index (χ0v) is 13.2. The standard InChI is InChI=1S/C15H30N2O3/c1-11(2)7-5-9-13(4)17-15(20)16-10-6-8-12(3)14(18)19/h11-13H,5-10H2,1-4H3,(H,18,19)(H2,16,17,20). The van der Waals surface area contributed by atoms with Crippen molar-refractivity contribution >= 4 is 12.0 Å². The summed E-state index contributed by atoms with van der Waals surface area (Å²) in [6.07, 6.45) is 4.56. The lowest BCUT2D eigenvalue weighted by molar-refractivity contribution is -0.141. The summed E-state index contributed by atoms with van der Waals surface area (Å²) in [5.74, 6) is -0.435. The van der Waals surface area contributed by atoms with Crippen molar-refractivity contribution < 1.29 is 14.7 Å². The van der Waals surface area contributed by atoms with Gasteiger partial charge in [-0.1, -0.05) is 33.6 Å². The summed E-state index contributed by atoms with van der Waals surface area (Å²) in [6, 6.07) is 0.0109. The van der Waals surface area contributed by atoms with Gasteiger partial charge in [0.1, 0.15) is 0 Å². The fraction of sp³-hybridized carbons (Fsp3) is 0.867. The number of aliphatic carboxylic acids is 1. The molecule has 0 aromatic rings. The van der Waals surface area contributed by atoms with Crippen molar-refractivity contribution in [2.75, 3.05) is 6.54 Å². The molecule has 0 fully saturated rings. The third kappa shape index (κ3) is 10.6. The molecule has 0 aliphatic carbocycles. The fourth-order valence-corrected chi connectivity index (χ4v) is 1.91. The minimum Gasteiger partial charge on any atom is -0.481 e. The highest BCUT2D eigenvalue weighted by atomic mass is 16.4. The second-order valence-electron chi connectivity index (χ2n) is 6.01. The number of rotatable bonds is 10. The number of amides is 2. The van der Waals surface area contributed by atoms with Crippen LogP contribution in [0, 0.1) is 11.8 Å². The van der Waals surface area contributed by atoms with E-state index in [1.54, 1.807) is 6.92 Å². The molecule has 0 saturated heterocycles. The summed E-state index contributed by atoms with van der Waals surface area (Å²) in [4.78, 5) is 22.2. The van der Waals surface area contributed by atoms with E-state index < -0.39 is 5.97 Å². The van der Waals surface area contributed by atoms with E-state index in [-0.39, 0.29) is 18.0 Å². The van der Waals surface area contributed by atoms with Crippen LogP contribution in [0.4, 0.5) is 4.79 Å². The molecule has 3 N–H and O–H groups in total. The molecule has 2 unspecified atom stereocenters. The molecule has 0 bridgehead atoms. The molecule has 0 spiro atoms. The lowest BCUT2D eigenvalue weighted by Crippen LogP contribution is -2.41. The Morgan fingerprint density at radius 2 is 1.65 bits per heavy atom. The number of nitrogens with one attached hydrogen (secondary N) is 2. The van der Waals surface area contributed by atoms with Gasteiger partial charge in [-0.3, -0.25) is 4.79 Å². The average Bonchev–Trinajstić information content (AvgIpc) is 2.33. The summed E-state index contributed by atoms with van der Waals surface area (Å²) in [5.41, 5.74) is 0. The lowest BCUT2D eigenvalue weighted by atomic mass is 10.0. The molecule has 0 rings (SSSR count). The Labute approximate surface area is 122 Å². The Morgan fingerprint density at radius 1 is 1.00 bits per heavy atom. The van der Waals surface area contributed by atoms with E-state index in [9.17, 15) is 9.59 Å². The Hall–Kier alpha value is -1.26. The van der Waals surface area contributed by atoms with Crippen LogP contribution in [0.2, 0.25) is 0 Å². The van der Waals surface area contributed by atoms with Crippen LogP contribution in [0.3, 0.4) is 0 Å². The van der Waals surface area contributed by atoms with E-state index in [0.717, 1.165) is 12.8 Å². The highest BCUT2D eigenvalue weighted by molar-refractivity contribution is 5.74. The number of urea groups is 1. The maximum Gasteiger partial charge on any atom is 0.314 e. The van der Waals surface area contributed by atoms with Gasteiger partial charge < -0.3 is 15.7 Å². The van der Waals surface area contributed by atoms with Crippen molar-refractivity contribution in [3.8, 4) is 0 Å². The van der Waals surface area contributed by atoms with Gasteiger partial charge in [-0.2, -0.15) is 0 Å². The van der Waals surface area contributed by atoms with Crippen LogP contribution in [0.25, 0.3) is 0 Å². The summed E-state index contributed by atoms with van der Waals surface area (Å²) in [7, 11) is 0. The second-order valence-corrected chi connectivity index (χ2v) is 6.01. The second kappa shape index (κ2) is 10.5. The quantitative estimate of drug-likeness (QED) is 0.540. The molecule has 0 heterocycles. The normalized spacial score (nSPS) is 13.8. The molecule has 5 heteroatoms. The Balaban J connectivity index is 3.60. The van der Waals surface area contributed by atoms with Crippen LogP contribution in [0.15, 0.2) is 0 Å². The number of hydrogen-bond donors (Lipinski definition) is 3. The highest BCUT2D eigenvalue weighted by Crippen LogP contribution is 2.08. The predicted octanol–water partition coefficient (Wildman–Crippen LogP) is 3.00. The molecule has 5 nitrogen and oxygen atoms in total. The topological polar surface area (TPSA) is 78.4 Å². The van der Waals surface area contributed by atoms with Gasteiger partial charge in [0.25, 0.3) is 0 Å². The van der Waals surface area contributed by atoms with Crippen molar-refractivity contribution in [1.82, 2.24) is 10.6 Å². The number of hydrogen-bond acceptors (Lipinski definition) is 2. The fourth-order valence-electron chi connectivity index (χ4n) is 1.91. The molecule has 2 amide bonds. The monoisotopic (exact) mass is 286 g/mol. The molecule has 0 aromatic heterocycles. The van der Waals surface area contributed by atoms with E-state index in [1.807, 2.05) is 6.92 Å². The Bertz CT molecular complexity index is 293. The zero-order chi connectivity index (χ0) is 15.5. The van der Waals surface area contributed by atoms with Gasteiger partial charge in [-0.15, -0.1) is 0 Å².